The molecule has 1 aromatic carbocycles. The van der Waals surface area contributed by atoms with Gasteiger partial charge in [-0.3, -0.25) is 14.5 Å². The van der Waals surface area contributed by atoms with Gasteiger partial charge in [-0.25, -0.2) is 4.98 Å². The topological polar surface area (TPSA) is 74.8 Å². The van der Waals surface area contributed by atoms with Gasteiger partial charge in [0.25, 0.3) is 5.91 Å². The summed E-state index contributed by atoms with van der Waals surface area (Å²) < 4.78 is 5.73. The molecule has 0 spiro atoms. The average Bonchev–Trinajstić information content (AvgIpc) is 3.12. The fourth-order valence-electron chi connectivity index (χ4n) is 3.07. The van der Waals surface area contributed by atoms with E-state index in [4.69, 9.17) is 4.74 Å². The lowest BCUT2D eigenvalue weighted by molar-refractivity contribution is -0.122. The molecule has 1 aliphatic rings. The summed E-state index contributed by atoms with van der Waals surface area (Å²) in [6, 6.07) is 7.23. The molecule has 2 heterocycles. The van der Waals surface area contributed by atoms with Gasteiger partial charge in [0.15, 0.2) is 0 Å². The van der Waals surface area contributed by atoms with Gasteiger partial charge in [-0.15, -0.1) is 11.3 Å². The van der Waals surface area contributed by atoms with Gasteiger partial charge in [0.1, 0.15) is 12.4 Å². The third kappa shape index (κ3) is 5.53. The number of piperazine rings is 1. The molecule has 2 amide bonds. The Morgan fingerprint density at radius 2 is 1.89 bits per heavy atom. The molecule has 0 saturated carbocycles. The van der Waals surface area contributed by atoms with E-state index < -0.39 is 0 Å². The number of hydrogen-bond donors (Lipinski definition) is 1. The highest BCUT2D eigenvalue weighted by atomic mass is 32.1. The second-order valence-electron chi connectivity index (χ2n) is 6.69. The lowest BCUT2D eigenvalue weighted by atomic mass is 10.1. The standard InChI is InChI=1S/C20H26N4O3S/c1-3-21-19(25)12-23-8-10-24(11-9-23)20(26)16-4-6-18(7-5-16)27-13-17-14-28-15(2)22-17/h4-7,14H,3,8-13H2,1-2H3,(H,21,25). The van der Waals surface area contributed by atoms with Gasteiger partial charge in [-0.2, -0.15) is 0 Å². The number of likely N-dealkylation sites (N-methyl/N-ethyl adjacent to an activating group) is 1. The highest BCUT2D eigenvalue weighted by molar-refractivity contribution is 7.09. The van der Waals surface area contributed by atoms with Crippen molar-refractivity contribution in [2.24, 2.45) is 0 Å². The monoisotopic (exact) mass is 402 g/mol. The van der Waals surface area contributed by atoms with Gasteiger partial charge in [0.2, 0.25) is 5.91 Å². The molecule has 1 aliphatic heterocycles. The normalized spacial score (nSPS) is 14.7. The summed E-state index contributed by atoms with van der Waals surface area (Å²) in [5, 5.41) is 5.81. The molecule has 0 unspecified atom stereocenters. The first-order valence-corrected chi connectivity index (χ1v) is 10.4. The molecule has 0 radical (unpaired) electrons. The molecule has 2 aromatic rings. The summed E-state index contributed by atoms with van der Waals surface area (Å²) in [7, 11) is 0. The van der Waals surface area contributed by atoms with Crippen molar-refractivity contribution in [3.05, 3.63) is 45.9 Å². The Morgan fingerprint density at radius 1 is 1.18 bits per heavy atom. The van der Waals surface area contributed by atoms with Crippen molar-refractivity contribution in [1.29, 1.82) is 0 Å². The summed E-state index contributed by atoms with van der Waals surface area (Å²) in [5.74, 6) is 0.763. The van der Waals surface area contributed by atoms with E-state index in [1.807, 2.05) is 36.3 Å². The molecule has 0 aliphatic carbocycles. The van der Waals surface area contributed by atoms with Crippen LogP contribution in [0.5, 0.6) is 5.75 Å². The summed E-state index contributed by atoms with van der Waals surface area (Å²) in [5.41, 5.74) is 1.56. The third-order valence-electron chi connectivity index (χ3n) is 4.56. The first-order valence-electron chi connectivity index (χ1n) is 9.47. The molecule has 28 heavy (non-hydrogen) atoms. The molecule has 1 aromatic heterocycles. The molecule has 8 heteroatoms. The minimum atomic E-state index is 0.0133. The van der Waals surface area contributed by atoms with Crippen molar-refractivity contribution in [3.8, 4) is 5.75 Å². The summed E-state index contributed by atoms with van der Waals surface area (Å²) >= 11 is 1.60. The Labute approximate surface area is 169 Å². The van der Waals surface area contributed by atoms with Crippen LogP contribution < -0.4 is 10.1 Å². The average molecular weight is 403 g/mol. The van der Waals surface area contributed by atoms with Crippen LogP contribution in [-0.4, -0.2) is 65.9 Å². The van der Waals surface area contributed by atoms with Crippen LogP contribution in [0.4, 0.5) is 0 Å². The number of carbonyl (C=O) groups excluding carboxylic acids is 2. The van der Waals surface area contributed by atoms with Gasteiger partial charge >= 0.3 is 0 Å². The molecule has 1 N–H and O–H groups in total. The maximum Gasteiger partial charge on any atom is 0.253 e. The van der Waals surface area contributed by atoms with Gasteiger partial charge in [0, 0.05) is 43.7 Å². The van der Waals surface area contributed by atoms with Crippen LogP contribution in [0, 0.1) is 6.92 Å². The van der Waals surface area contributed by atoms with Gasteiger partial charge in [-0.05, 0) is 38.1 Å². The lowest BCUT2D eigenvalue weighted by Crippen LogP contribution is -2.51. The third-order valence-corrected chi connectivity index (χ3v) is 5.38. The van der Waals surface area contributed by atoms with Crippen LogP contribution >= 0.6 is 11.3 Å². The molecule has 7 nitrogen and oxygen atoms in total. The number of benzene rings is 1. The molecule has 150 valence electrons. The van der Waals surface area contributed by atoms with E-state index in [-0.39, 0.29) is 11.8 Å². The van der Waals surface area contributed by atoms with E-state index in [1.165, 1.54) is 0 Å². The van der Waals surface area contributed by atoms with E-state index in [0.29, 0.717) is 57.2 Å². The van der Waals surface area contributed by atoms with Crippen LogP contribution in [0.2, 0.25) is 0 Å². The predicted octanol–water partition coefficient (Wildman–Crippen LogP) is 1.92. The Balaban J connectivity index is 1.47. The van der Waals surface area contributed by atoms with Gasteiger partial charge in [-0.1, -0.05) is 0 Å². The number of aromatic nitrogens is 1. The predicted molar refractivity (Wildman–Crippen MR) is 109 cm³/mol. The number of aryl methyl sites for hydroxylation is 1. The number of ether oxygens (including phenoxy) is 1. The highest BCUT2D eigenvalue weighted by Gasteiger charge is 2.23. The largest absolute Gasteiger partial charge is 0.487 e. The van der Waals surface area contributed by atoms with E-state index >= 15 is 0 Å². The maximum absolute atomic E-state index is 12.7. The Kier molecular flexibility index (Phi) is 7.00. The van der Waals surface area contributed by atoms with Crippen LogP contribution in [0.15, 0.2) is 29.6 Å². The minimum Gasteiger partial charge on any atom is -0.487 e. The quantitative estimate of drug-likeness (QED) is 0.766. The van der Waals surface area contributed by atoms with Crippen molar-refractivity contribution in [3.63, 3.8) is 0 Å². The van der Waals surface area contributed by atoms with Gasteiger partial charge in [0.05, 0.1) is 17.2 Å². The first-order chi connectivity index (χ1) is 13.5. The molecule has 1 fully saturated rings. The Morgan fingerprint density at radius 3 is 2.50 bits per heavy atom. The zero-order chi connectivity index (χ0) is 19.9. The van der Waals surface area contributed by atoms with E-state index in [2.05, 4.69) is 15.2 Å². The summed E-state index contributed by atoms with van der Waals surface area (Å²) in [6.07, 6.45) is 0. The van der Waals surface area contributed by atoms with E-state index in [1.54, 1.807) is 23.5 Å². The molecule has 0 bridgehead atoms. The van der Waals surface area contributed by atoms with Crippen molar-refractivity contribution in [2.45, 2.75) is 20.5 Å². The molecule has 3 rings (SSSR count). The van der Waals surface area contributed by atoms with Crippen molar-refractivity contribution < 1.29 is 14.3 Å². The zero-order valence-corrected chi connectivity index (χ0v) is 17.1. The number of amides is 2. The number of nitrogens with zero attached hydrogens (tertiary/aromatic N) is 3. The Bertz CT molecular complexity index is 798. The summed E-state index contributed by atoms with van der Waals surface area (Å²) in [4.78, 5) is 32.7. The van der Waals surface area contributed by atoms with Crippen LogP contribution in [-0.2, 0) is 11.4 Å². The van der Waals surface area contributed by atoms with E-state index in [9.17, 15) is 9.59 Å². The zero-order valence-electron chi connectivity index (χ0n) is 16.3. The SMILES string of the molecule is CCNC(=O)CN1CCN(C(=O)c2ccc(OCc3csc(C)n3)cc2)CC1. The minimum absolute atomic E-state index is 0.0133. The molecule has 0 atom stereocenters. The fourth-order valence-corrected chi connectivity index (χ4v) is 3.67. The smallest absolute Gasteiger partial charge is 0.253 e. The second-order valence-corrected chi connectivity index (χ2v) is 7.75. The van der Waals surface area contributed by atoms with Gasteiger partial charge < -0.3 is 15.0 Å². The van der Waals surface area contributed by atoms with Crippen molar-refractivity contribution in [1.82, 2.24) is 20.1 Å². The highest BCUT2D eigenvalue weighted by Crippen LogP contribution is 2.17. The number of hydrogen-bond acceptors (Lipinski definition) is 6. The molecular weight excluding hydrogens is 376 g/mol. The maximum atomic E-state index is 12.7. The molecular formula is C20H26N4O3S. The summed E-state index contributed by atoms with van der Waals surface area (Å²) in [6.45, 7) is 7.98. The van der Waals surface area contributed by atoms with Crippen molar-refractivity contribution >= 4 is 23.2 Å². The lowest BCUT2D eigenvalue weighted by Gasteiger charge is -2.34. The Hall–Kier alpha value is -2.45. The number of thiazole rings is 1. The van der Waals surface area contributed by atoms with Crippen LogP contribution in [0.25, 0.3) is 0 Å². The van der Waals surface area contributed by atoms with Crippen molar-refractivity contribution in [2.75, 3.05) is 39.3 Å². The van der Waals surface area contributed by atoms with E-state index in [0.717, 1.165) is 10.7 Å². The molecule has 1 saturated heterocycles. The number of nitrogens with one attached hydrogen (secondary N) is 1. The number of carbonyl (C=O) groups is 2. The second kappa shape index (κ2) is 9.66. The fraction of sp³-hybridized carbons (Fsp3) is 0.450. The van der Waals surface area contributed by atoms with Crippen LogP contribution in [0.1, 0.15) is 28.0 Å². The van der Waals surface area contributed by atoms with Crippen LogP contribution in [0.3, 0.4) is 0 Å². The first kappa shape index (κ1) is 20.3. The number of rotatable bonds is 7.